The molecule has 3 nitrogen and oxygen atoms in total. The molecule has 1 aliphatic heterocycles. The quantitative estimate of drug-likeness (QED) is 0.835. The zero-order valence-corrected chi connectivity index (χ0v) is 10.5. The average Bonchev–Trinajstić information content (AvgIpc) is 2.83. The second-order valence-corrected chi connectivity index (χ2v) is 5.15. The first-order valence-electron chi connectivity index (χ1n) is 6.11. The molecule has 0 aromatic heterocycles. The van der Waals surface area contributed by atoms with E-state index in [9.17, 15) is 0 Å². The molecule has 0 saturated carbocycles. The zero-order chi connectivity index (χ0) is 12.3. The van der Waals surface area contributed by atoms with Crippen molar-refractivity contribution in [3.05, 3.63) is 29.8 Å². The molecule has 0 radical (unpaired) electrons. The van der Waals surface area contributed by atoms with Gasteiger partial charge in [-0.3, -0.25) is 0 Å². The van der Waals surface area contributed by atoms with Gasteiger partial charge in [0.2, 0.25) is 0 Å². The summed E-state index contributed by atoms with van der Waals surface area (Å²) < 4.78 is 0. The van der Waals surface area contributed by atoms with Crippen LogP contribution >= 0.6 is 0 Å². The van der Waals surface area contributed by atoms with Crippen molar-refractivity contribution in [1.82, 2.24) is 5.32 Å². The molecule has 1 atom stereocenters. The topological polar surface area (TPSA) is 47.9 Å². The predicted molar refractivity (Wildman–Crippen MR) is 70.0 cm³/mol. The van der Waals surface area contributed by atoms with E-state index in [-0.39, 0.29) is 0 Å². The summed E-state index contributed by atoms with van der Waals surface area (Å²) in [4.78, 5) is 0. The van der Waals surface area contributed by atoms with Crippen LogP contribution in [-0.2, 0) is 5.41 Å². The minimum absolute atomic E-state index is 0.409. The maximum Gasteiger partial charge on any atom is 0.0766 e. The number of anilines is 1. The van der Waals surface area contributed by atoms with Crippen LogP contribution in [0.1, 0.15) is 25.8 Å². The molecule has 1 fully saturated rings. The van der Waals surface area contributed by atoms with E-state index in [0.717, 1.165) is 24.3 Å². The standard InChI is InChI=1S/C14H19N3/c1-14(2,10-15)11-3-5-12(6-4-11)17-13-7-8-16-9-13/h3-6,13,16-17H,7-9H2,1-2H3. The molecular weight excluding hydrogens is 210 g/mol. The second-order valence-electron chi connectivity index (χ2n) is 5.15. The number of hydrogen-bond donors (Lipinski definition) is 2. The summed E-state index contributed by atoms with van der Waals surface area (Å²) in [7, 11) is 0. The number of nitrogens with one attached hydrogen (secondary N) is 2. The number of nitriles is 1. The largest absolute Gasteiger partial charge is 0.381 e. The van der Waals surface area contributed by atoms with E-state index < -0.39 is 5.41 Å². The molecule has 1 saturated heterocycles. The summed E-state index contributed by atoms with van der Waals surface area (Å²) in [6.45, 7) is 6.01. The Balaban J connectivity index is 2.05. The van der Waals surface area contributed by atoms with Gasteiger partial charge in [-0.2, -0.15) is 5.26 Å². The van der Waals surface area contributed by atoms with E-state index in [1.54, 1.807) is 0 Å². The highest BCUT2D eigenvalue weighted by Gasteiger charge is 2.19. The van der Waals surface area contributed by atoms with Crippen molar-refractivity contribution >= 4 is 5.69 Å². The van der Waals surface area contributed by atoms with E-state index in [1.807, 2.05) is 26.0 Å². The monoisotopic (exact) mass is 229 g/mol. The van der Waals surface area contributed by atoms with Gasteiger partial charge in [0.1, 0.15) is 0 Å². The normalized spacial score (nSPS) is 19.9. The molecule has 1 aliphatic rings. The Hall–Kier alpha value is -1.53. The molecule has 1 aromatic rings. The SMILES string of the molecule is CC(C)(C#N)c1ccc(NC2CCNC2)cc1. The Kier molecular flexibility index (Phi) is 3.35. The highest BCUT2D eigenvalue weighted by molar-refractivity contribution is 5.47. The molecular formula is C14H19N3. The van der Waals surface area contributed by atoms with Gasteiger partial charge in [0.15, 0.2) is 0 Å². The molecule has 1 unspecified atom stereocenters. The first-order chi connectivity index (χ1) is 8.12. The van der Waals surface area contributed by atoms with Crippen molar-refractivity contribution in [2.45, 2.75) is 31.7 Å². The Morgan fingerprint density at radius 1 is 1.35 bits per heavy atom. The number of benzene rings is 1. The van der Waals surface area contributed by atoms with Gasteiger partial charge in [-0.05, 0) is 44.5 Å². The van der Waals surface area contributed by atoms with Crippen LogP contribution in [0.4, 0.5) is 5.69 Å². The van der Waals surface area contributed by atoms with E-state index in [1.165, 1.54) is 6.42 Å². The predicted octanol–water partition coefficient (Wildman–Crippen LogP) is 2.26. The molecule has 0 aliphatic carbocycles. The smallest absolute Gasteiger partial charge is 0.0766 e. The third kappa shape index (κ3) is 2.78. The molecule has 2 N–H and O–H groups in total. The summed E-state index contributed by atoms with van der Waals surface area (Å²) in [6.07, 6.45) is 1.17. The fraction of sp³-hybridized carbons (Fsp3) is 0.500. The second kappa shape index (κ2) is 4.77. The van der Waals surface area contributed by atoms with Crippen LogP contribution in [0.15, 0.2) is 24.3 Å². The van der Waals surface area contributed by atoms with Gasteiger partial charge in [0.25, 0.3) is 0 Å². The van der Waals surface area contributed by atoms with E-state index in [2.05, 4.69) is 28.8 Å². The summed E-state index contributed by atoms with van der Waals surface area (Å²) in [5.41, 5.74) is 1.79. The summed E-state index contributed by atoms with van der Waals surface area (Å²) in [5.74, 6) is 0. The third-order valence-electron chi connectivity index (χ3n) is 3.32. The maximum absolute atomic E-state index is 9.07. The fourth-order valence-corrected chi connectivity index (χ4v) is 2.06. The minimum Gasteiger partial charge on any atom is -0.381 e. The Morgan fingerprint density at radius 3 is 2.59 bits per heavy atom. The molecule has 0 spiro atoms. The van der Waals surface area contributed by atoms with Crippen molar-refractivity contribution < 1.29 is 0 Å². The van der Waals surface area contributed by atoms with Crippen LogP contribution in [0, 0.1) is 11.3 Å². The summed E-state index contributed by atoms with van der Waals surface area (Å²) in [5, 5.41) is 15.9. The first-order valence-corrected chi connectivity index (χ1v) is 6.11. The highest BCUT2D eigenvalue weighted by atomic mass is 15.0. The van der Waals surface area contributed by atoms with Crippen molar-refractivity contribution in [2.75, 3.05) is 18.4 Å². The highest BCUT2D eigenvalue weighted by Crippen LogP contribution is 2.24. The van der Waals surface area contributed by atoms with Crippen LogP contribution in [0.3, 0.4) is 0 Å². The lowest BCUT2D eigenvalue weighted by atomic mass is 9.86. The molecule has 17 heavy (non-hydrogen) atoms. The lowest BCUT2D eigenvalue weighted by molar-refractivity contribution is 0.687. The van der Waals surface area contributed by atoms with Crippen molar-refractivity contribution in [3.63, 3.8) is 0 Å². The number of hydrogen-bond acceptors (Lipinski definition) is 3. The van der Waals surface area contributed by atoms with E-state index in [4.69, 9.17) is 5.26 Å². The average molecular weight is 229 g/mol. The molecule has 1 heterocycles. The maximum atomic E-state index is 9.07. The summed E-state index contributed by atoms with van der Waals surface area (Å²) >= 11 is 0. The van der Waals surface area contributed by atoms with E-state index >= 15 is 0 Å². The number of rotatable bonds is 3. The van der Waals surface area contributed by atoms with Gasteiger partial charge >= 0.3 is 0 Å². The minimum atomic E-state index is -0.409. The van der Waals surface area contributed by atoms with Crippen LogP contribution in [0.5, 0.6) is 0 Å². The van der Waals surface area contributed by atoms with Crippen LogP contribution < -0.4 is 10.6 Å². The molecule has 0 amide bonds. The summed E-state index contributed by atoms with van der Waals surface area (Å²) in [6, 6.07) is 11.0. The Morgan fingerprint density at radius 2 is 2.06 bits per heavy atom. The molecule has 1 aromatic carbocycles. The lowest BCUT2D eigenvalue weighted by Gasteiger charge is -2.17. The Bertz CT molecular complexity index is 408. The fourth-order valence-electron chi connectivity index (χ4n) is 2.06. The third-order valence-corrected chi connectivity index (χ3v) is 3.32. The van der Waals surface area contributed by atoms with Crippen molar-refractivity contribution in [2.24, 2.45) is 0 Å². The van der Waals surface area contributed by atoms with Gasteiger partial charge in [-0.15, -0.1) is 0 Å². The molecule has 3 heteroatoms. The van der Waals surface area contributed by atoms with Gasteiger partial charge in [-0.1, -0.05) is 12.1 Å². The van der Waals surface area contributed by atoms with Gasteiger partial charge in [0.05, 0.1) is 11.5 Å². The van der Waals surface area contributed by atoms with Gasteiger partial charge in [0, 0.05) is 18.3 Å². The lowest BCUT2D eigenvalue weighted by Crippen LogP contribution is -2.22. The van der Waals surface area contributed by atoms with Crippen LogP contribution in [-0.4, -0.2) is 19.1 Å². The molecule has 2 rings (SSSR count). The first kappa shape index (κ1) is 11.9. The van der Waals surface area contributed by atoms with Crippen LogP contribution in [0.25, 0.3) is 0 Å². The van der Waals surface area contributed by atoms with Crippen LogP contribution in [0.2, 0.25) is 0 Å². The molecule has 90 valence electrons. The van der Waals surface area contributed by atoms with Gasteiger partial charge < -0.3 is 10.6 Å². The van der Waals surface area contributed by atoms with Crippen molar-refractivity contribution in [3.8, 4) is 6.07 Å². The van der Waals surface area contributed by atoms with E-state index in [0.29, 0.717) is 6.04 Å². The Labute approximate surface area is 103 Å². The van der Waals surface area contributed by atoms with Crippen molar-refractivity contribution in [1.29, 1.82) is 5.26 Å². The molecule has 0 bridgehead atoms. The zero-order valence-electron chi connectivity index (χ0n) is 10.5. The van der Waals surface area contributed by atoms with Gasteiger partial charge in [-0.25, -0.2) is 0 Å². The number of nitrogens with zero attached hydrogens (tertiary/aromatic N) is 1.